The third-order valence-electron chi connectivity index (χ3n) is 2.89. The number of nitrogens with one attached hydrogen (secondary N) is 1. The van der Waals surface area contributed by atoms with Gasteiger partial charge in [-0.3, -0.25) is 10.1 Å². The van der Waals surface area contributed by atoms with Gasteiger partial charge in [0.1, 0.15) is 6.04 Å². The number of carbonyl (C=O) groups is 1. The van der Waals surface area contributed by atoms with Crippen LogP contribution in [-0.4, -0.2) is 35.2 Å². The zero-order valence-electron chi connectivity index (χ0n) is 11.5. The van der Waals surface area contributed by atoms with Crippen molar-refractivity contribution in [3.63, 3.8) is 0 Å². The highest BCUT2D eigenvalue weighted by atomic mass is 35.5. The first kappa shape index (κ1) is 16.4. The van der Waals surface area contributed by atoms with E-state index in [1.54, 1.807) is 0 Å². The third-order valence-corrected chi connectivity index (χ3v) is 2.89. The summed E-state index contributed by atoms with van der Waals surface area (Å²) in [5.41, 5.74) is 7.52. The number of imidazole rings is 1. The molecule has 6 nitrogen and oxygen atoms in total. The number of rotatable bonds is 5. The van der Waals surface area contributed by atoms with E-state index in [9.17, 15) is 4.79 Å². The molecule has 0 bridgehead atoms. The molecular formula is C13H19ClN4O2. The first-order valence-electron chi connectivity index (χ1n) is 6.18. The largest absolute Gasteiger partial charge is 0.383 e. The number of methoxy groups -OCH3 is 1. The molecule has 1 amide bonds. The van der Waals surface area contributed by atoms with Crippen LogP contribution >= 0.6 is 12.4 Å². The maximum absolute atomic E-state index is 11.9. The van der Waals surface area contributed by atoms with Crippen molar-refractivity contribution in [2.45, 2.75) is 19.5 Å². The molecule has 0 aliphatic heterocycles. The standard InChI is InChI=1S/C13H18N4O2.ClH/c1-3-17-11-7-5-4-6-10(11)15-13(17)16-12(18)9(14)8-19-2;/h4-7,9H,3,8,14H2,1-2H3,(H,15,16,18);1H. The predicted molar refractivity (Wildman–Crippen MR) is 81.1 cm³/mol. The zero-order chi connectivity index (χ0) is 13.8. The molecule has 2 aromatic rings. The van der Waals surface area contributed by atoms with E-state index in [0.717, 1.165) is 17.6 Å². The number of aromatic nitrogens is 2. The first-order valence-corrected chi connectivity index (χ1v) is 6.18. The molecular weight excluding hydrogens is 280 g/mol. The number of amides is 1. The van der Waals surface area contributed by atoms with Gasteiger partial charge in [0, 0.05) is 13.7 Å². The number of carbonyl (C=O) groups excluding carboxylic acids is 1. The lowest BCUT2D eigenvalue weighted by Crippen LogP contribution is -2.39. The monoisotopic (exact) mass is 298 g/mol. The maximum atomic E-state index is 11.9. The molecule has 0 aliphatic carbocycles. The van der Waals surface area contributed by atoms with Gasteiger partial charge in [-0.15, -0.1) is 12.4 Å². The van der Waals surface area contributed by atoms with E-state index in [4.69, 9.17) is 10.5 Å². The Hall–Kier alpha value is -1.63. The van der Waals surface area contributed by atoms with Crippen LogP contribution in [0.25, 0.3) is 11.0 Å². The van der Waals surface area contributed by atoms with Crippen LogP contribution in [-0.2, 0) is 16.1 Å². The van der Waals surface area contributed by atoms with Gasteiger partial charge in [-0.1, -0.05) is 12.1 Å². The molecule has 0 radical (unpaired) electrons. The highest BCUT2D eigenvalue weighted by Gasteiger charge is 2.17. The highest BCUT2D eigenvalue weighted by Crippen LogP contribution is 2.19. The summed E-state index contributed by atoms with van der Waals surface area (Å²) in [6, 6.07) is 7.04. The Balaban J connectivity index is 0.00000200. The number of anilines is 1. The smallest absolute Gasteiger partial charge is 0.245 e. The van der Waals surface area contributed by atoms with Crippen molar-refractivity contribution in [2.75, 3.05) is 19.0 Å². The second-order valence-corrected chi connectivity index (χ2v) is 4.22. The van der Waals surface area contributed by atoms with Crippen LogP contribution in [0.3, 0.4) is 0 Å². The van der Waals surface area contributed by atoms with Gasteiger partial charge in [0.05, 0.1) is 17.6 Å². The molecule has 1 atom stereocenters. The van der Waals surface area contributed by atoms with Crippen molar-refractivity contribution in [3.05, 3.63) is 24.3 Å². The van der Waals surface area contributed by atoms with Gasteiger partial charge < -0.3 is 15.0 Å². The first-order chi connectivity index (χ1) is 9.17. The van der Waals surface area contributed by atoms with Crippen molar-refractivity contribution in [2.24, 2.45) is 5.73 Å². The van der Waals surface area contributed by atoms with Crippen molar-refractivity contribution < 1.29 is 9.53 Å². The van der Waals surface area contributed by atoms with E-state index in [-0.39, 0.29) is 24.9 Å². The molecule has 2 rings (SSSR count). The molecule has 110 valence electrons. The van der Waals surface area contributed by atoms with Crippen LogP contribution in [0.4, 0.5) is 5.95 Å². The number of benzene rings is 1. The fraction of sp³-hybridized carbons (Fsp3) is 0.385. The highest BCUT2D eigenvalue weighted by molar-refractivity contribution is 5.95. The molecule has 0 saturated carbocycles. The number of hydrogen-bond acceptors (Lipinski definition) is 4. The van der Waals surface area contributed by atoms with Gasteiger partial charge in [0.15, 0.2) is 0 Å². The number of aryl methyl sites for hydroxylation is 1. The van der Waals surface area contributed by atoms with E-state index in [0.29, 0.717) is 5.95 Å². The fourth-order valence-electron chi connectivity index (χ4n) is 1.95. The Bertz CT molecular complexity index is 585. The lowest BCUT2D eigenvalue weighted by Gasteiger charge is -2.11. The Labute approximate surface area is 123 Å². The average molecular weight is 299 g/mol. The molecule has 0 fully saturated rings. The van der Waals surface area contributed by atoms with E-state index in [2.05, 4.69) is 10.3 Å². The molecule has 1 aromatic carbocycles. The Kier molecular flexibility index (Phi) is 5.94. The van der Waals surface area contributed by atoms with Crippen LogP contribution in [0.5, 0.6) is 0 Å². The molecule has 0 aliphatic rings. The van der Waals surface area contributed by atoms with Crippen molar-refractivity contribution >= 4 is 35.3 Å². The summed E-state index contributed by atoms with van der Waals surface area (Å²) in [4.78, 5) is 16.3. The summed E-state index contributed by atoms with van der Waals surface area (Å²) in [6.45, 7) is 2.90. The minimum absolute atomic E-state index is 0. The number of fused-ring (bicyclic) bond motifs is 1. The minimum atomic E-state index is -0.699. The molecule has 0 saturated heterocycles. The Morgan fingerprint density at radius 3 is 2.85 bits per heavy atom. The fourth-order valence-corrected chi connectivity index (χ4v) is 1.95. The summed E-state index contributed by atoms with van der Waals surface area (Å²) >= 11 is 0. The lowest BCUT2D eigenvalue weighted by atomic mass is 10.3. The number of ether oxygens (including phenoxy) is 1. The summed E-state index contributed by atoms with van der Waals surface area (Å²) < 4.78 is 6.80. The quantitative estimate of drug-likeness (QED) is 0.874. The lowest BCUT2D eigenvalue weighted by molar-refractivity contribution is -0.118. The van der Waals surface area contributed by atoms with Crippen LogP contribution in [0.1, 0.15) is 6.92 Å². The minimum Gasteiger partial charge on any atom is -0.383 e. The van der Waals surface area contributed by atoms with Crippen LogP contribution in [0.15, 0.2) is 24.3 Å². The number of nitrogens with zero attached hydrogens (tertiary/aromatic N) is 2. The van der Waals surface area contributed by atoms with Crippen molar-refractivity contribution in [3.8, 4) is 0 Å². The van der Waals surface area contributed by atoms with E-state index < -0.39 is 6.04 Å². The van der Waals surface area contributed by atoms with Gasteiger partial charge in [0.25, 0.3) is 0 Å². The molecule has 1 heterocycles. The average Bonchev–Trinajstić information content (AvgIpc) is 2.75. The zero-order valence-corrected chi connectivity index (χ0v) is 12.3. The van der Waals surface area contributed by atoms with Crippen molar-refractivity contribution in [1.82, 2.24) is 9.55 Å². The van der Waals surface area contributed by atoms with Crippen LogP contribution < -0.4 is 11.1 Å². The second kappa shape index (κ2) is 7.23. The summed E-state index contributed by atoms with van der Waals surface area (Å²) in [7, 11) is 1.51. The Morgan fingerprint density at radius 1 is 1.50 bits per heavy atom. The molecule has 1 unspecified atom stereocenters. The SMILES string of the molecule is CCn1c(NC(=O)C(N)COC)nc2ccccc21.Cl. The number of nitrogens with two attached hydrogens (primary N) is 1. The predicted octanol–water partition coefficient (Wildman–Crippen LogP) is 1.39. The van der Waals surface area contributed by atoms with E-state index >= 15 is 0 Å². The molecule has 0 spiro atoms. The van der Waals surface area contributed by atoms with E-state index in [1.165, 1.54) is 7.11 Å². The van der Waals surface area contributed by atoms with E-state index in [1.807, 2.05) is 35.8 Å². The third kappa shape index (κ3) is 3.27. The number of halogens is 1. The summed E-state index contributed by atoms with van der Waals surface area (Å²) in [6.07, 6.45) is 0. The van der Waals surface area contributed by atoms with Gasteiger partial charge in [-0.25, -0.2) is 4.98 Å². The maximum Gasteiger partial charge on any atom is 0.245 e. The molecule has 3 N–H and O–H groups in total. The number of para-hydroxylation sites is 2. The molecule has 20 heavy (non-hydrogen) atoms. The van der Waals surface area contributed by atoms with Gasteiger partial charge in [-0.05, 0) is 19.1 Å². The van der Waals surface area contributed by atoms with Gasteiger partial charge in [-0.2, -0.15) is 0 Å². The van der Waals surface area contributed by atoms with Crippen LogP contribution in [0.2, 0.25) is 0 Å². The molecule has 7 heteroatoms. The topological polar surface area (TPSA) is 82.2 Å². The Morgan fingerprint density at radius 2 is 2.20 bits per heavy atom. The summed E-state index contributed by atoms with van der Waals surface area (Å²) in [5.74, 6) is 0.215. The van der Waals surface area contributed by atoms with Gasteiger partial charge >= 0.3 is 0 Å². The van der Waals surface area contributed by atoms with Gasteiger partial charge in [0.2, 0.25) is 11.9 Å². The van der Waals surface area contributed by atoms with Crippen molar-refractivity contribution in [1.29, 1.82) is 0 Å². The number of hydrogen-bond donors (Lipinski definition) is 2. The summed E-state index contributed by atoms with van der Waals surface area (Å²) in [5, 5.41) is 2.74. The molecule has 1 aromatic heterocycles. The normalized spacial score (nSPS) is 11.9. The second-order valence-electron chi connectivity index (χ2n) is 4.22. The van der Waals surface area contributed by atoms with Crippen LogP contribution in [0, 0.1) is 0 Å².